The van der Waals surface area contributed by atoms with Gasteiger partial charge in [-0.25, -0.2) is 9.97 Å². The van der Waals surface area contributed by atoms with E-state index in [0.29, 0.717) is 5.54 Å². The van der Waals surface area contributed by atoms with Crippen LogP contribution in [0, 0.1) is 0 Å². The highest BCUT2D eigenvalue weighted by Crippen LogP contribution is 2.21. The van der Waals surface area contributed by atoms with Gasteiger partial charge in [-0.15, -0.1) is 0 Å². The molecule has 0 spiro atoms. The van der Waals surface area contributed by atoms with Crippen molar-refractivity contribution in [3.8, 4) is 0 Å². The third kappa shape index (κ3) is 2.77. The predicted octanol–water partition coefficient (Wildman–Crippen LogP) is 1.05. The van der Waals surface area contributed by atoms with E-state index in [1.807, 2.05) is 12.3 Å². The molecular formula is C12H20N4. The van der Waals surface area contributed by atoms with Crippen LogP contribution in [0.15, 0.2) is 18.6 Å². The van der Waals surface area contributed by atoms with Crippen LogP contribution in [-0.2, 0) is 6.54 Å². The van der Waals surface area contributed by atoms with Gasteiger partial charge in [-0.1, -0.05) is 0 Å². The number of hydrogen-bond acceptors (Lipinski definition) is 4. The minimum Gasteiger partial charge on any atom is -0.314 e. The smallest absolute Gasteiger partial charge is 0.115 e. The minimum atomic E-state index is 0.322. The van der Waals surface area contributed by atoms with Gasteiger partial charge in [0.05, 0.1) is 5.69 Å². The van der Waals surface area contributed by atoms with Crippen molar-refractivity contribution in [2.45, 2.75) is 31.8 Å². The standard InChI is InChI=1S/C12H20N4/c1-12(13-2)4-7-16(8-5-12)9-11-3-6-14-10-15-11/h3,6,10,13H,4-5,7-9H2,1-2H3. The lowest BCUT2D eigenvalue weighted by atomic mass is 9.90. The highest BCUT2D eigenvalue weighted by molar-refractivity contribution is 4.99. The van der Waals surface area contributed by atoms with Gasteiger partial charge in [-0.3, -0.25) is 4.90 Å². The van der Waals surface area contributed by atoms with Crippen molar-refractivity contribution in [3.63, 3.8) is 0 Å². The normalized spacial score (nSPS) is 20.9. The Bertz CT molecular complexity index is 317. The topological polar surface area (TPSA) is 41.0 Å². The summed E-state index contributed by atoms with van der Waals surface area (Å²) in [6, 6.07) is 1.99. The number of rotatable bonds is 3. The molecule has 0 aromatic carbocycles. The SMILES string of the molecule is CNC1(C)CCN(Cc2ccncn2)CC1. The van der Waals surface area contributed by atoms with Gasteiger partial charge in [0.25, 0.3) is 0 Å². The largest absolute Gasteiger partial charge is 0.314 e. The lowest BCUT2D eigenvalue weighted by Gasteiger charge is -2.39. The Labute approximate surface area is 97.1 Å². The Hall–Kier alpha value is -1.00. The van der Waals surface area contributed by atoms with Crippen molar-refractivity contribution in [3.05, 3.63) is 24.3 Å². The van der Waals surface area contributed by atoms with Crippen LogP contribution in [0.25, 0.3) is 0 Å². The zero-order valence-electron chi connectivity index (χ0n) is 10.1. The number of nitrogens with one attached hydrogen (secondary N) is 1. The second kappa shape index (κ2) is 4.89. The van der Waals surface area contributed by atoms with Crippen molar-refractivity contribution < 1.29 is 0 Å². The molecule has 0 amide bonds. The monoisotopic (exact) mass is 220 g/mol. The van der Waals surface area contributed by atoms with Crippen LogP contribution in [0.2, 0.25) is 0 Å². The van der Waals surface area contributed by atoms with E-state index in [1.54, 1.807) is 6.33 Å². The van der Waals surface area contributed by atoms with E-state index in [0.717, 1.165) is 25.3 Å². The fraction of sp³-hybridized carbons (Fsp3) is 0.667. The molecule has 1 N–H and O–H groups in total. The average Bonchev–Trinajstić information content (AvgIpc) is 2.34. The average molecular weight is 220 g/mol. The molecule has 4 heteroatoms. The van der Waals surface area contributed by atoms with Crippen LogP contribution in [0.1, 0.15) is 25.5 Å². The first-order chi connectivity index (χ1) is 7.72. The third-order valence-corrected chi connectivity index (χ3v) is 3.59. The van der Waals surface area contributed by atoms with E-state index in [2.05, 4.69) is 34.2 Å². The first-order valence-corrected chi connectivity index (χ1v) is 5.88. The molecule has 16 heavy (non-hydrogen) atoms. The molecule has 0 aliphatic carbocycles. The molecule has 88 valence electrons. The summed E-state index contributed by atoms with van der Waals surface area (Å²) in [5.41, 5.74) is 1.44. The van der Waals surface area contributed by atoms with Crippen molar-refractivity contribution in [1.29, 1.82) is 0 Å². The van der Waals surface area contributed by atoms with Crippen molar-refractivity contribution in [1.82, 2.24) is 20.2 Å². The summed E-state index contributed by atoms with van der Waals surface area (Å²) >= 11 is 0. The number of likely N-dealkylation sites (tertiary alicyclic amines) is 1. The number of hydrogen-bond donors (Lipinski definition) is 1. The maximum absolute atomic E-state index is 4.26. The van der Waals surface area contributed by atoms with E-state index in [-0.39, 0.29) is 0 Å². The number of piperidine rings is 1. The third-order valence-electron chi connectivity index (χ3n) is 3.59. The van der Waals surface area contributed by atoms with Crippen LogP contribution in [-0.4, -0.2) is 40.5 Å². The van der Waals surface area contributed by atoms with Crippen molar-refractivity contribution in [2.75, 3.05) is 20.1 Å². The Morgan fingerprint density at radius 2 is 2.19 bits per heavy atom. The molecule has 2 rings (SSSR count). The Kier molecular flexibility index (Phi) is 3.51. The highest BCUT2D eigenvalue weighted by atomic mass is 15.2. The van der Waals surface area contributed by atoms with Gasteiger partial charge >= 0.3 is 0 Å². The molecule has 0 bridgehead atoms. The van der Waals surface area contributed by atoms with E-state index in [9.17, 15) is 0 Å². The fourth-order valence-electron chi connectivity index (χ4n) is 2.10. The molecule has 1 aliphatic heterocycles. The first kappa shape index (κ1) is 11.5. The molecule has 4 nitrogen and oxygen atoms in total. The maximum atomic E-state index is 4.26. The number of nitrogens with zero attached hydrogens (tertiary/aromatic N) is 3. The lowest BCUT2D eigenvalue weighted by Crippen LogP contribution is -2.49. The zero-order valence-corrected chi connectivity index (χ0v) is 10.1. The van der Waals surface area contributed by atoms with Crippen molar-refractivity contribution in [2.24, 2.45) is 0 Å². The van der Waals surface area contributed by atoms with E-state index in [4.69, 9.17) is 0 Å². The van der Waals surface area contributed by atoms with Crippen LogP contribution >= 0.6 is 0 Å². The molecular weight excluding hydrogens is 200 g/mol. The molecule has 1 aromatic heterocycles. The van der Waals surface area contributed by atoms with Gasteiger partial charge < -0.3 is 5.32 Å². The summed E-state index contributed by atoms with van der Waals surface area (Å²) in [6.07, 6.45) is 5.84. The van der Waals surface area contributed by atoms with Crippen molar-refractivity contribution >= 4 is 0 Å². The molecule has 0 atom stereocenters. The van der Waals surface area contributed by atoms with Crippen LogP contribution in [0.4, 0.5) is 0 Å². The van der Waals surface area contributed by atoms with E-state index in [1.165, 1.54) is 12.8 Å². The molecule has 2 heterocycles. The number of aromatic nitrogens is 2. The summed E-state index contributed by atoms with van der Waals surface area (Å²) in [5, 5.41) is 3.41. The molecule has 0 saturated carbocycles. The highest BCUT2D eigenvalue weighted by Gasteiger charge is 2.28. The van der Waals surface area contributed by atoms with Gasteiger partial charge in [0.2, 0.25) is 0 Å². The van der Waals surface area contributed by atoms with Gasteiger partial charge in [0, 0.05) is 31.4 Å². The second-order valence-corrected chi connectivity index (χ2v) is 4.79. The second-order valence-electron chi connectivity index (χ2n) is 4.79. The minimum absolute atomic E-state index is 0.322. The Morgan fingerprint density at radius 3 is 2.75 bits per heavy atom. The summed E-state index contributed by atoms with van der Waals surface area (Å²) < 4.78 is 0. The summed E-state index contributed by atoms with van der Waals surface area (Å²) in [6.45, 7) is 5.53. The quantitative estimate of drug-likeness (QED) is 0.826. The fourth-order valence-corrected chi connectivity index (χ4v) is 2.10. The van der Waals surface area contributed by atoms with Gasteiger partial charge in [0.1, 0.15) is 6.33 Å². The predicted molar refractivity (Wildman–Crippen MR) is 64.0 cm³/mol. The molecule has 1 fully saturated rings. The van der Waals surface area contributed by atoms with Gasteiger partial charge in [0.15, 0.2) is 0 Å². The molecule has 0 unspecified atom stereocenters. The molecule has 1 saturated heterocycles. The van der Waals surface area contributed by atoms with Gasteiger partial charge in [-0.2, -0.15) is 0 Å². The van der Waals surface area contributed by atoms with Crippen LogP contribution in [0.5, 0.6) is 0 Å². The molecule has 0 radical (unpaired) electrons. The Morgan fingerprint density at radius 1 is 1.44 bits per heavy atom. The zero-order chi connectivity index (χ0) is 11.4. The van der Waals surface area contributed by atoms with Gasteiger partial charge in [-0.05, 0) is 32.9 Å². The van der Waals surface area contributed by atoms with Crippen LogP contribution < -0.4 is 5.32 Å². The summed E-state index contributed by atoms with van der Waals surface area (Å²) in [4.78, 5) is 10.7. The lowest BCUT2D eigenvalue weighted by molar-refractivity contribution is 0.145. The maximum Gasteiger partial charge on any atom is 0.115 e. The molecule has 1 aliphatic rings. The van der Waals surface area contributed by atoms with E-state index >= 15 is 0 Å². The Balaban J connectivity index is 1.86. The molecule has 1 aromatic rings. The van der Waals surface area contributed by atoms with E-state index < -0.39 is 0 Å². The first-order valence-electron chi connectivity index (χ1n) is 5.88. The van der Waals surface area contributed by atoms with Crippen LogP contribution in [0.3, 0.4) is 0 Å². The summed E-state index contributed by atoms with van der Waals surface area (Å²) in [7, 11) is 2.06. The summed E-state index contributed by atoms with van der Waals surface area (Å²) in [5.74, 6) is 0.